The van der Waals surface area contributed by atoms with Crippen molar-refractivity contribution in [3.05, 3.63) is 22.7 Å². The van der Waals surface area contributed by atoms with E-state index < -0.39 is 0 Å². The summed E-state index contributed by atoms with van der Waals surface area (Å²) in [7, 11) is 3.23. The van der Waals surface area contributed by atoms with Crippen LogP contribution in [0.4, 0.5) is 0 Å². The summed E-state index contributed by atoms with van der Waals surface area (Å²) in [4.78, 5) is 0. The van der Waals surface area contributed by atoms with Gasteiger partial charge in [-0.1, -0.05) is 30.9 Å². The van der Waals surface area contributed by atoms with Gasteiger partial charge in [-0.2, -0.15) is 0 Å². The molecule has 2 N–H and O–H groups in total. The smallest absolute Gasteiger partial charge is 0.162 e. The number of rotatable bonds is 3. The van der Waals surface area contributed by atoms with Crippen LogP contribution in [-0.4, -0.2) is 14.2 Å². The summed E-state index contributed by atoms with van der Waals surface area (Å²) in [6, 6.07) is 3.71. The van der Waals surface area contributed by atoms with Crippen molar-refractivity contribution in [2.24, 2.45) is 5.73 Å². The Labute approximate surface area is 113 Å². The Bertz CT molecular complexity index is 428. The molecule has 0 amide bonds. The third kappa shape index (κ3) is 2.43. The second kappa shape index (κ2) is 5.37. The van der Waals surface area contributed by atoms with E-state index in [1.807, 2.05) is 6.07 Å². The Morgan fingerprint density at radius 3 is 2.17 bits per heavy atom. The molecule has 100 valence electrons. The highest BCUT2D eigenvalue weighted by Gasteiger charge is 2.32. The van der Waals surface area contributed by atoms with E-state index in [0.717, 1.165) is 31.2 Å². The molecular weight excluding hydrogens is 250 g/mol. The van der Waals surface area contributed by atoms with Gasteiger partial charge in [-0.15, -0.1) is 0 Å². The van der Waals surface area contributed by atoms with Crippen LogP contribution in [0.3, 0.4) is 0 Å². The molecule has 3 nitrogen and oxygen atoms in total. The van der Waals surface area contributed by atoms with E-state index in [0.29, 0.717) is 16.5 Å². The van der Waals surface area contributed by atoms with E-state index >= 15 is 0 Å². The molecule has 0 saturated heterocycles. The Kier molecular flexibility index (Phi) is 4.03. The van der Waals surface area contributed by atoms with Gasteiger partial charge < -0.3 is 15.2 Å². The predicted octanol–water partition coefficient (Wildman–Crippen LogP) is 3.48. The Balaban J connectivity index is 2.43. The van der Waals surface area contributed by atoms with Gasteiger partial charge in [-0.3, -0.25) is 0 Å². The number of hydrogen-bond acceptors (Lipinski definition) is 3. The molecule has 0 aromatic heterocycles. The molecule has 0 bridgehead atoms. The monoisotopic (exact) mass is 269 g/mol. The van der Waals surface area contributed by atoms with Gasteiger partial charge in [0.15, 0.2) is 11.5 Å². The zero-order valence-electron chi connectivity index (χ0n) is 11.0. The molecule has 18 heavy (non-hydrogen) atoms. The van der Waals surface area contributed by atoms with Crippen molar-refractivity contribution in [1.29, 1.82) is 0 Å². The Morgan fingerprint density at radius 1 is 1.06 bits per heavy atom. The van der Waals surface area contributed by atoms with Crippen molar-refractivity contribution >= 4 is 11.6 Å². The van der Waals surface area contributed by atoms with Crippen molar-refractivity contribution in [3.63, 3.8) is 0 Å². The van der Waals surface area contributed by atoms with Gasteiger partial charge in [0.2, 0.25) is 0 Å². The van der Waals surface area contributed by atoms with Gasteiger partial charge in [0.1, 0.15) is 0 Å². The molecule has 2 rings (SSSR count). The lowest BCUT2D eigenvalue weighted by molar-refractivity contribution is 0.299. The average molecular weight is 270 g/mol. The molecule has 0 heterocycles. The third-order valence-corrected chi connectivity index (χ3v) is 4.07. The summed E-state index contributed by atoms with van der Waals surface area (Å²) in [6.07, 6.45) is 5.51. The Hall–Kier alpha value is -0.930. The zero-order valence-corrected chi connectivity index (χ0v) is 11.7. The number of nitrogens with two attached hydrogens (primary N) is 1. The van der Waals surface area contributed by atoms with Gasteiger partial charge in [-0.25, -0.2) is 0 Å². The van der Waals surface area contributed by atoms with Gasteiger partial charge in [-0.05, 0) is 24.5 Å². The maximum atomic E-state index is 6.52. The molecule has 0 spiro atoms. The molecule has 1 aliphatic rings. The molecule has 1 saturated carbocycles. The highest BCUT2D eigenvalue weighted by molar-refractivity contribution is 6.31. The van der Waals surface area contributed by atoms with E-state index in [1.54, 1.807) is 20.3 Å². The summed E-state index contributed by atoms with van der Waals surface area (Å²) in [5.74, 6) is 1.33. The fourth-order valence-corrected chi connectivity index (χ4v) is 3.03. The van der Waals surface area contributed by atoms with Gasteiger partial charge in [0.05, 0.1) is 14.2 Å². The first-order valence-electron chi connectivity index (χ1n) is 6.31. The minimum absolute atomic E-state index is 0.325. The van der Waals surface area contributed by atoms with Crippen LogP contribution in [0.5, 0.6) is 11.5 Å². The van der Waals surface area contributed by atoms with Gasteiger partial charge in [0.25, 0.3) is 0 Å². The first-order valence-corrected chi connectivity index (χ1v) is 6.69. The number of hydrogen-bond donors (Lipinski definition) is 1. The van der Waals surface area contributed by atoms with E-state index in [2.05, 4.69) is 0 Å². The normalized spacial score (nSPS) is 18.4. The van der Waals surface area contributed by atoms with E-state index in [-0.39, 0.29) is 5.54 Å². The van der Waals surface area contributed by atoms with Crippen LogP contribution in [0.25, 0.3) is 0 Å². The lowest BCUT2D eigenvalue weighted by Gasteiger charge is -2.35. The number of ether oxygens (including phenoxy) is 2. The summed E-state index contributed by atoms with van der Waals surface area (Å²) in [6.45, 7) is 0. The SMILES string of the molecule is COc1cc(Cl)c(C2(N)CCCCC2)cc1OC. The molecule has 1 aromatic rings. The van der Waals surface area contributed by atoms with E-state index in [9.17, 15) is 0 Å². The fraction of sp³-hybridized carbons (Fsp3) is 0.571. The van der Waals surface area contributed by atoms with Crippen LogP contribution in [0.1, 0.15) is 37.7 Å². The third-order valence-electron chi connectivity index (χ3n) is 3.76. The average Bonchev–Trinajstić information content (AvgIpc) is 2.39. The van der Waals surface area contributed by atoms with Crippen LogP contribution in [0.2, 0.25) is 5.02 Å². The minimum atomic E-state index is -0.325. The van der Waals surface area contributed by atoms with Crippen molar-refractivity contribution in [1.82, 2.24) is 0 Å². The zero-order chi connectivity index (χ0) is 13.2. The minimum Gasteiger partial charge on any atom is -0.493 e. The van der Waals surface area contributed by atoms with Crippen molar-refractivity contribution in [2.45, 2.75) is 37.6 Å². The number of halogens is 1. The first kappa shape index (κ1) is 13.5. The summed E-state index contributed by atoms with van der Waals surface area (Å²) in [5.41, 5.74) is 7.16. The van der Waals surface area contributed by atoms with Gasteiger partial charge in [0, 0.05) is 16.6 Å². The van der Waals surface area contributed by atoms with Crippen LogP contribution < -0.4 is 15.2 Å². The van der Waals surface area contributed by atoms with Crippen molar-refractivity contribution < 1.29 is 9.47 Å². The van der Waals surface area contributed by atoms with Crippen LogP contribution in [0.15, 0.2) is 12.1 Å². The summed E-state index contributed by atoms with van der Waals surface area (Å²) in [5, 5.41) is 0.664. The lowest BCUT2D eigenvalue weighted by Crippen LogP contribution is -2.38. The van der Waals surface area contributed by atoms with Crippen molar-refractivity contribution in [2.75, 3.05) is 14.2 Å². The molecule has 0 unspecified atom stereocenters. The number of methoxy groups -OCH3 is 2. The predicted molar refractivity (Wildman–Crippen MR) is 73.5 cm³/mol. The molecule has 1 fully saturated rings. The highest BCUT2D eigenvalue weighted by Crippen LogP contribution is 2.42. The largest absolute Gasteiger partial charge is 0.493 e. The summed E-state index contributed by atoms with van der Waals surface area (Å²) < 4.78 is 10.6. The maximum absolute atomic E-state index is 6.52. The standard InChI is InChI=1S/C14H20ClNO2/c1-17-12-8-10(11(15)9-13(12)18-2)14(16)6-4-3-5-7-14/h8-9H,3-7,16H2,1-2H3. The maximum Gasteiger partial charge on any atom is 0.162 e. The topological polar surface area (TPSA) is 44.5 Å². The Morgan fingerprint density at radius 2 is 1.61 bits per heavy atom. The molecule has 1 aliphatic carbocycles. The van der Waals surface area contributed by atoms with Gasteiger partial charge >= 0.3 is 0 Å². The van der Waals surface area contributed by atoms with Crippen molar-refractivity contribution in [3.8, 4) is 11.5 Å². The fourth-order valence-electron chi connectivity index (χ4n) is 2.69. The van der Waals surface area contributed by atoms with Crippen LogP contribution in [0, 0.1) is 0 Å². The van der Waals surface area contributed by atoms with E-state index in [4.69, 9.17) is 26.8 Å². The molecule has 4 heteroatoms. The number of benzene rings is 1. The second-order valence-corrected chi connectivity index (χ2v) is 5.31. The highest BCUT2D eigenvalue weighted by atomic mass is 35.5. The molecule has 0 radical (unpaired) electrons. The molecule has 0 aliphatic heterocycles. The first-order chi connectivity index (χ1) is 8.60. The molecule has 1 aromatic carbocycles. The molecular formula is C14H20ClNO2. The van der Waals surface area contributed by atoms with E-state index in [1.165, 1.54) is 6.42 Å². The lowest BCUT2D eigenvalue weighted by atomic mass is 9.77. The second-order valence-electron chi connectivity index (χ2n) is 4.90. The summed E-state index contributed by atoms with van der Waals surface area (Å²) >= 11 is 6.34. The van der Waals surface area contributed by atoms with Crippen LogP contribution >= 0.6 is 11.6 Å². The quantitative estimate of drug-likeness (QED) is 0.914. The molecule has 0 atom stereocenters. The van der Waals surface area contributed by atoms with Crippen LogP contribution in [-0.2, 0) is 5.54 Å².